The molecule has 0 saturated heterocycles. The lowest BCUT2D eigenvalue weighted by Gasteiger charge is -2.11. The van der Waals surface area contributed by atoms with Gasteiger partial charge in [-0.25, -0.2) is 18.0 Å². The predicted octanol–water partition coefficient (Wildman–Crippen LogP) is 3.69. The molecule has 0 aliphatic carbocycles. The fraction of sp³-hybridized carbons (Fsp3) is 0. The highest BCUT2D eigenvalue weighted by Crippen LogP contribution is 2.28. The minimum absolute atomic E-state index is 0.218. The van der Waals surface area contributed by atoms with Gasteiger partial charge in [0.05, 0.1) is 11.4 Å². The van der Waals surface area contributed by atoms with E-state index in [1.54, 1.807) is 18.2 Å². The van der Waals surface area contributed by atoms with Crippen molar-refractivity contribution < 1.29 is 18.0 Å². The zero-order valence-electron chi connectivity index (χ0n) is 12.1. The SMILES string of the molecule is O=C(Nc1cc(F)c(F)cc1F)Nc1ccc(Br)cc1-c1nn[nH]n1. The van der Waals surface area contributed by atoms with Crippen molar-refractivity contribution in [3.63, 3.8) is 0 Å². The first-order chi connectivity index (χ1) is 11.9. The summed E-state index contributed by atoms with van der Waals surface area (Å²) in [4.78, 5) is 12.1. The van der Waals surface area contributed by atoms with Gasteiger partial charge in [-0.1, -0.05) is 15.9 Å². The molecule has 3 rings (SSSR count). The molecular weight excluding hydrogens is 405 g/mol. The number of benzene rings is 2. The van der Waals surface area contributed by atoms with E-state index in [1.165, 1.54) is 0 Å². The number of urea groups is 1. The molecule has 2 amide bonds. The molecule has 128 valence electrons. The number of nitrogens with one attached hydrogen (secondary N) is 3. The number of hydrogen-bond donors (Lipinski definition) is 3. The highest BCUT2D eigenvalue weighted by Gasteiger charge is 2.15. The second-order valence-electron chi connectivity index (χ2n) is 4.75. The molecule has 11 heteroatoms. The molecule has 3 aromatic rings. The molecule has 25 heavy (non-hydrogen) atoms. The molecule has 2 aromatic carbocycles. The van der Waals surface area contributed by atoms with Crippen LogP contribution in [0.4, 0.5) is 29.3 Å². The van der Waals surface area contributed by atoms with Gasteiger partial charge in [0.1, 0.15) is 5.82 Å². The third-order valence-corrected chi connectivity index (χ3v) is 3.57. The van der Waals surface area contributed by atoms with Crippen molar-refractivity contribution in [3.8, 4) is 11.4 Å². The van der Waals surface area contributed by atoms with Crippen molar-refractivity contribution in [2.24, 2.45) is 0 Å². The lowest BCUT2D eigenvalue weighted by atomic mass is 10.1. The first kappa shape index (κ1) is 16.9. The zero-order chi connectivity index (χ0) is 18.0. The van der Waals surface area contributed by atoms with E-state index >= 15 is 0 Å². The topological polar surface area (TPSA) is 95.6 Å². The van der Waals surface area contributed by atoms with Gasteiger partial charge < -0.3 is 10.6 Å². The normalized spacial score (nSPS) is 10.6. The van der Waals surface area contributed by atoms with E-state index < -0.39 is 29.2 Å². The minimum atomic E-state index is -1.35. The molecule has 0 saturated carbocycles. The molecule has 0 spiro atoms. The van der Waals surface area contributed by atoms with Gasteiger partial charge in [-0.2, -0.15) is 5.21 Å². The smallest absolute Gasteiger partial charge is 0.307 e. The van der Waals surface area contributed by atoms with Crippen molar-refractivity contribution in [1.82, 2.24) is 20.6 Å². The summed E-state index contributed by atoms with van der Waals surface area (Å²) in [5.74, 6) is -3.53. The molecule has 7 nitrogen and oxygen atoms in total. The lowest BCUT2D eigenvalue weighted by Crippen LogP contribution is -2.21. The van der Waals surface area contributed by atoms with Gasteiger partial charge >= 0.3 is 6.03 Å². The van der Waals surface area contributed by atoms with Crippen LogP contribution in [-0.2, 0) is 0 Å². The quantitative estimate of drug-likeness (QED) is 0.571. The number of rotatable bonds is 3. The number of carbonyl (C=O) groups excluding carboxylic acids is 1. The Morgan fingerprint density at radius 2 is 1.72 bits per heavy atom. The summed E-state index contributed by atoms with van der Waals surface area (Å²) in [5, 5.41) is 17.9. The summed E-state index contributed by atoms with van der Waals surface area (Å²) < 4.78 is 40.4. The summed E-state index contributed by atoms with van der Waals surface area (Å²) in [6.45, 7) is 0. The number of carbonyl (C=O) groups is 1. The van der Waals surface area contributed by atoms with E-state index in [0.29, 0.717) is 27.9 Å². The van der Waals surface area contributed by atoms with E-state index in [1.807, 2.05) is 0 Å². The summed E-state index contributed by atoms with van der Waals surface area (Å²) in [6, 6.07) is 4.87. The Morgan fingerprint density at radius 3 is 2.44 bits per heavy atom. The van der Waals surface area contributed by atoms with E-state index in [-0.39, 0.29) is 5.82 Å². The van der Waals surface area contributed by atoms with Crippen molar-refractivity contribution in [2.45, 2.75) is 0 Å². The second kappa shape index (κ2) is 6.89. The molecule has 0 aliphatic heterocycles. The summed E-state index contributed by atoms with van der Waals surface area (Å²) in [7, 11) is 0. The summed E-state index contributed by atoms with van der Waals surface area (Å²) >= 11 is 3.28. The van der Waals surface area contributed by atoms with Crippen molar-refractivity contribution in [1.29, 1.82) is 0 Å². The molecule has 0 aliphatic rings. The van der Waals surface area contributed by atoms with Crippen LogP contribution < -0.4 is 10.6 Å². The number of aromatic nitrogens is 4. The van der Waals surface area contributed by atoms with Crippen LogP contribution in [0.2, 0.25) is 0 Å². The number of tetrazole rings is 1. The number of aromatic amines is 1. The van der Waals surface area contributed by atoms with Crippen LogP contribution in [0.3, 0.4) is 0 Å². The Labute approximate surface area is 146 Å². The van der Waals surface area contributed by atoms with Crippen LogP contribution in [-0.4, -0.2) is 26.7 Å². The average Bonchev–Trinajstić information content (AvgIpc) is 3.08. The standard InChI is InChI=1S/C14H8BrF3N6O/c15-6-1-2-11(7(3-6)13-21-23-24-22-13)19-14(25)20-12-5-9(17)8(16)4-10(12)18/h1-5H,(H2,19,20,25)(H,21,22,23,24). The predicted molar refractivity (Wildman–Crippen MR) is 86.3 cm³/mol. The van der Waals surface area contributed by atoms with Crippen LogP contribution in [0.1, 0.15) is 0 Å². The number of H-pyrrole nitrogens is 1. The van der Waals surface area contributed by atoms with Crippen molar-refractivity contribution in [3.05, 3.63) is 52.3 Å². The Hall–Kier alpha value is -2.95. The van der Waals surface area contributed by atoms with Crippen LogP contribution in [0.5, 0.6) is 0 Å². The number of amides is 2. The molecule has 1 aromatic heterocycles. The third-order valence-electron chi connectivity index (χ3n) is 3.07. The van der Waals surface area contributed by atoms with Gasteiger partial charge in [0.25, 0.3) is 0 Å². The molecule has 0 bridgehead atoms. The molecular formula is C14H8BrF3N6O. The third kappa shape index (κ3) is 3.76. The van der Waals surface area contributed by atoms with Crippen LogP contribution in [0.15, 0.2) is 34.8 Å². The van der Waals surface area contributed by atoms with Gasteiger partial charge in [-0.15, -0.1) is 10.2 Å². The van der Waals surface area contributed by atoms with Gasteiger partial charge in [0.15, 0.2) is 11.6 Å². The molecule has 0 radical (unpaired) electrons. The van der Waals surface area contributed by atoms with Crippen LogP contribution in [0.25, 0.3) is 11.4 Å². The van der Waals surface area contributed by atoms with Gasteiger partial charge in [-0.3, -0.25) is 0 Å². The summed E-state index contributed by atoms with van der Waals surface area (Å²) in [6.07, 6.45) is 0. The van der Waals surface area contributed by atoms with Gasteiger partial charge in [0.2, 0.25) is 5.82 Å². The maximum Gasteiger partial charge on any atom is 0.323 e. The maximum atomic E-state index is 13.6. The Morgan fingerprint density at radius 1 is 1.00 bits per heavy atom. The second-order valence-corrected chi connectivity index (χ2v) is 5.67. The highest BCUT2D eigenvalue weighted by atomic mass is 79.9. The molecule has 0 fully saturated rings. The Balaban J connectivity index is 1.84. The van der Waals surface area contributed by atoms with E-state index in [4.69, 9.17) is 0 Å². The average molecular weight is 413 g/mol. The zero-order valence-corrected chi connectivity index (χ0v) is 13.7. The van der Waals surface area contributed by atoms with Crippen LogP contribution >= 0.6 is 15.9 Å². The first-order valence-corrected chi connectivity index (χ1v) is 7.49. The minimum Gasteiger partial charge on any atom is -0.307 e. The van der Waals surface area contributed by atoms with E-state index in [2.05, 4.69) is 47.2 Å². The number of nitrogens with zero attached hydrogens (tertiary/aromatic N) is 3. The maximum absolute atomic E-state index is 13.6. The lowest BCUT2D eigenvalue weighted by molar-refractivity contribution is 0.262. The van der Waals surface area contributed by atoms with Crippen molar-refractivity contribution in [2.75, 3.05) is 10.6 Å². The van der Waals surface area contributed by atoms with E-state index in [9.17, 15) is 18.0 Å². The molecule has 1 heterocycles. The highest BCUT2D eigenvalue weighted by molar-refractivity contribution is 9.10. The molecule has 0 unspecified atom stereocenters. The fourth-order valence-corrected chi connectivity index (χ4v) is 2.34. The van der Waals surface area contributed by atoms with Gasteiger partial charge in [0, 0.05) is 22.2 Å². The Bertz CT molecular complexity index is 935. The number of hydrogen-bond acceptors (Lipinski definition) is 4. The summed E-state index contributed by atoms with van der Waals surface area (Å²) in [5.41, 5.74) is 0.226. The fourth-order valence-electron chi connectivity index (χ4n) is 1.98. The van der Waals surface area contributed by atoms with Crippen LogP contribution in [0, 0.1) is 17.5 Å². The molecule has 3 N–H and O–H groups in total. The van der Waals surface area contributed by atoms with E-state index in [0.717, 1.165) is 0 Å². The monoisotopic (exact) mass is 412 g/mol. The first-order valence-electron chi connectivity index (χ1n) is 6.70. The largest absolute Gasteiger partial charge is 0.323 e. The van der Waals surface area contributed by atoms with Gasteiger partial charge in [-0.05, 0) is 23.4 Å². The molecule has 0 atom stereocenters. The Kier molecular flexibility index (Phi) is 4.65. The number of anilines is 2. The van der Waals surface area contributed by atoms with Crippen molar-refractivity contribution >= 4 is 33.3 Å². The number of halogens is 4.